The van der Waals surface area contributed by atoms with E-state index < -0.39 is 0 Å². The molecule has 5 heteroatoms. The van der Waals surface area contributed by atoms with Crippen LogP contribution in [-0.4, -0.2) is 46.5 Å². The zero-order valence-electron chi connectivity index (χ0n) is 17.1. The molecule has 0 N–H and O–H groups in total. The van der Waals surface area contributed by atoms with E-state index >= 15 is 0 Å². The van der Waals surface area contributed by atoms with Crippen LogP contribution in [0.5, 0.6) is 5.75 Å². The fraction of sp³-hybridized carbons (Fsp3) is 0.696. The zero-order chi connectivity index (χ0) is 18.9. The topological polar surface area (TPSA) is 39.5 Å². The summed E-state index contributed by atoms with van der Waals surface area (Å²) in [5.41, 5.74) is 2.37. The third-order valence-electron chi connectivity index (χ3n) is 6.98. The Bertz CT molecular complexity index is 806. The first-order valence-electron chi connectivity index (χ1n) is 11.3. The Hall–Kier alpha value is -1.59. The number of nitrogens with zero attached hydrogens (tertiary/aromatic N) is 3. The first-order chi connectivity index (χ1) is 13.8. The van der Waals surface area contributed by atoms with Crippen LogP contribution in [0.3, 0.4) is 0 Å². The molecule has 3 heterocycles. The van der Waals surface area contributed by atoms with E-state index in [1.165, 1.54) is 69.0 Å². The van der Waals surface area contributed by atoms with Crippen molar-refractivity contribution >= 4 is 10.9 Å². The summed E-state index contributed by atoms with van der Waals surface area (Å²) in [4.78, 5) is 2.69. The maximum absolute atomic E-state index is 6.54. The number of aromatic nitrogens is 2. The van der Waals surface area contributed by atoms with E-state index in [1.54, 1.807) is 0 Å². The average molecular weight is 384 g/mol. The minimum atomic E-state index is 0.0805. The normalized spacial score (nSPS) is 29.4. The van der Waals surface area contributed by atoms with Crippen molar-refractivity contribution in [2.45, 2.75) is 83.1 Å². The maximum Gasteiger partial charge on any atom is 0.150 e. The van der Waals surface area contributed by atoms with Gasteiger partial charge in [-0.3, -0.25) is 0 Å². The van der Waals surface area contributed by atoms with E-state index in [0.717, 1.165) is 36.8 Å². The van der Waals surface area contributed by atoms with Crippen molar-refractivity contribution < 1.29 is 9.47 Å². The summed E-state index contributed by atoms with van der Waals surface area (Å²) >= 11 is 0. The van der Waals surface area contributed by atoms with E-state index in [1.807, 2.05) is 6.20 Å². The van der Waals surface area contributed by atoms with Crippen LogP contribution in [-0.2, 0) is 4.74 Å². The quantitative estimate of drug-likeness (QED) is 0.758. The Labute approximate surface area is 168 Å². The van der Waals surface area contributed by atoms with Crippen LogP contribution >= 0.6 is 0 Å². The molecule has 1 aromatic heterocycles. The van der Waals surface area contributed by atoms with Crippen LogP contribution in [0, 0.1) is 6.92 Å². The molecule has 1 aromatic carbocycles. The number of fused-ring (bicyclic) bond motifs is 1. The van der Waals surface area contributed by atoms with Gasteiger partial charge < -0.3 is 14.4 Å². The number of ether oxygens (including phenoxy) is 2. The molecule has 0 amide bonds. The minimum Gasteiger partial charge on any atom is -0.490 e. The summed E-state index contributed by atoms with van der Waals surface area (Å²) in [5.74, 6) is 1.03. The molecule has 152 valence electrons. The highest BCUT2D eigenvalue weighted by molar-refractivity contribution is 5.84. The molecule has 3 aliphatic rings. The summed E-state index contributed by atoms with van der Waals surface area (Å²) in [7, 11) is 0. The van der Waals surface area contributed by atoms with Gasteiger partial charge in [-0.25, -0.2) is 4.68 Å². The summed E-state index contributed by atoms with van der Waals surface area (Å²) in [6.07, 6.45) is 13.5. The fourth-order valence-corrected chi connectivity index (χ4v) is 5.36. The van der Waals surface area contributed by atoms with E-state index in [0.29, 0.717) is 6.10 Å². The Kier molecular flexibility index (Phi) is 5.29. The monoisotopic (exact) mass is 383 g/mol. The van der Waals surface area contributed by atoms with Crippen LogP contribution in [0.1, 0.15) is 69.6 Å². The molecule has 3 atom stereocenters. The van der Waals surface area contributed by atoms with Gasteiger partial charge in [0.05, 0.1) is 11.7 Å². The highest BCUT2D eigenvalue weighted by atomic mass is 16.5. The van der Waals surface area contributed by atoms with Crippen LogP contribution in [0.15, 0.2) is 18.3 Å². The molecule has 0 radical (unpaired) electrons. The Morgan fingerprint density at radius 2 is 1.93 bits per heavy atom. The van der Waals surface area contributed by atoms with Crippen LogP contribution in [0.2, 0.25) is 0 Å². The SMILES string of the molecule is Cc1c(O[C@@H]2CCC[C@H](N3CCCC3)C2)ccc2c1cnn2C1CCCCO1. The van der Waals surface area contributed by atoms with Crippen molar-refractivity contribution in [2.75, 3.05) is 19.7 Å². The van der Waals surface area contributed by atoms with E-state index in [9.17, 15) is 0 Å². The van der Waals surface area contributed by atoms with Gasteiger partial charge in [-0.05, 0) is 89.9 Å². The standard InChI is InChI=1S/C23H33N3O2/c1-17-20-16-24-26(23-9-2-5-14-27-23)21(20)10-11-22(17)28-19-8-6-7-18(15-19)25-12-3-4-13-25/h10-11,16,18-19,23H,2-9,12-15H2,1H3/t18-,19+,23?/m0/s1. The van der Waals surface area contributed by atoms with Crippen molar-refractivity contribution in [1.29, 1.82) is 0 Å². The lowest BCUT2D eigenvalue weighted by atomic mass is 9.91. The third kappa shape index (κ3) is 3.55. The lowest BCUT2D eigenvalue weighted by Gasteiger charge is -2.35. The highest BCUT2D eigenvalue weighted by Gasteiger charge is 2.29. The summed E-state index contributed by atoms with van der Waals surface area (Å²) in [6.45, 7) is 5.58. The second kappa shape index (κ2) is 8.03. The molecule has 5 nitrogen and oxygen atoms in total. The molecule has 3 fully saturated rings. The number of hydrogen-bond acceptors (Lipinski definition) is 4. The predicted molar refractivity (Wildman–Crippen MR) is 111 cm³/mol. The van der Waals surface area contributed by atoms with E-state index in [4.69, 9.17) is 9.47 Å². The van der Waals surface area contributed by atoms with Crippen LogP contribution in [0.25, 0.3) is 10.9 Å². The predicted octanol–water partition coefficient (Wildman–Crippen LogP) is 4.83. The zero-order valence-corrected chi connectivity index (χ0v) is 17.1. The van der Waals surface area contributed by atoms with E-state index in [-0.39, 0.29) is 6.23 Å². The lowest BCUT2D eigenvalue weighted by Crippen LogP contribution is -2.40. The fourth-order valence-electron chi connectivity index (χ4n) is 5.36. The second-order valence-electron chi connectivity index (χ2n) is 8.84. The van der Waals surface area contributed by atoms with E-state index in [2.05, 4.69) is 33.7 Å². The molecular formula is C23H33N3O2. The molecule has 5 rings (SSSR count). The largest absolute Gasteiger partial charge is 0.490 e. The summed E-state index contributed by atoms with van der Waals surface area (Å²) in [5, 5.41) is 5.85. The molecule has 2 aliphatic heterocycles. The molecule has 1 aliphatic carbocycles. The van der Waals surface area contributed by atoms with Crippen molar-refractivity contribution in [1.82, 2.24) is 14.7 Å². The molecule has 0 bridgehead atoms. The van der Waals surface area contributed by atoms with Crippen LogP contribution in [0.4, 0.5) is 0 Å². The first kappa shape index (κ1) is 18.4. The minimum absolute atomic E-state index is 0.0805. The summed E-state index contributed by atoms with van der Waals surface area (Å²) < 4.78 is 14.6. The molecule has 1 saturated carbocycles. The van der Waals surface area contributed by atoms with Gasteiger partial charge in [-0.15, -0.1) is 0 Å². The Balaban J connectivity index is 1.32. The number of aryl methyl sites for hydroxylation is 1. The first-order valence-corrected chi connectivity index (χ1v) is 11.3. The number of benzene rings is 1. The van der Waals surface area contributed by atoms with Gasteiger partial charge in [0.25, 0.3) is 0 Å². The Morgan fingerprint density at radius 3 is 2.75 bits per heavy atom. The molecular weight excluding hydrogens is 350 g/mol. The molecule has 1 unspecified atom stereocenters. The van der Waals surface area contributed by atoms with Crippen molar-refractivity contribution in [3.8, 4) is 5.75 Å². The van der Waals surface area contributed by atoms with Gasteiger partial charge in [0.1, 0.15) is 11.9 Å². The molecule has 28 heavy (non-hydrogen) atoms. The van der Waals surface area contributed by atoms with Crippen LogP contribution < -0.4 is 4.74 Å². The van der Waals surface area contributed by atoms with Gasteiger partial charge in [0.2, 0.25) is 0 Å². The molecule has 0 spiro atoms. The van der Waals surface area contributed by atoms with Gasteiger partial charge in [-0.2, -0.15) is 5.10 Å². The third-order valence-corrected chi connectivity index (χ3v) is 6.98. The van der Waals surface area contributed by atoms with Gasteiger partial charge in [-0.1, -0.05) is 0 Å². The lowest BCUT2D eigenvalue weighted by molar-refractivity contribution is -0.0366. The Morgan fingerprint density at radius 1 is 1.04 bits per heavy atom. The number of rotatable bonds is 4. The highest BCUT2D eigenvalue weighted by Crippen LogP contribution is 2.34. The maximum atomic E-state index is 6.54. The average Bonchev–Trinajstić information content (AvgIpc) is 3.41. The smallest absolute Gasteiger partial charge is 0.150 e. The number of hydrogen-bond donors (Lipinski definition) is 0. The van der Waals surface area contributed by atoms with Gasteiger partial charge in [0.15, 0.2) is 6.23 Å². The molecule has 2 aromatic rings. The van der Waals surface area contributed by atoms with Gasteiger partial charge in [0, 0.05) is 23.6 Å². The molecule has 2 saturated heterocycles. The van der Waals surface area contributed by atoms with Crippen molar-refractivity contribution in [3.63, 3.8) is 0 Å². The van der Waals surface area contributed by atoms with Gasteiger partial charge >= 0.3 is 0 Å². The van der Waals surface area contributed by atoms with Crippen molar-refractivity contribution in [2.24, 2.45) is 0 Å². The summed E-state index contributed by atoms with van der Waals surface area (Å²) in [6, 6.07) is 5.04. The number of likely N-dealkylation sites (tertiary alicyclic amines) is 1. The second-order valence-corrected chi connectivity index (χ2v) is 8.84. The van der Waals surface area contributed by atoms with Crippen molar-refractivity contribution in [3.05, 3.63) is 23.9 Å².